The average molecular weight is 345 g/mol. The van der Waals surface area contributed by atoms with E-state index < -0.39 is 0 Å². The molecule has 0 amide bonds. The molecule has 0 aliphatic carbocycles. The second-order valence-electron chi connectivity index (χ2n) is 5.02. The molecule has 5 heteroatoms. The number of pyridine rings is 1. The second-order valence-corrected chi connectivity index (χ2v) is 5.94. The second kappa shape index (κ2) is 5.95. The van der Waals surface area contributed by atoms with Gasteiger partial charge in [0.25, 0.3) is 0 Å². The maximum Gasteiger partial charge on any atom is 0.111 e. The number of hydrogen-bond donors (Lipinski definition) is 1. The molecule has 108 valence electrons. The Hall–Kier alpha value is -1.72. The third-order valence-electron chi connectivity index (χ3n) is 3.72. The Kier molecular flexibility index (Phi) is 4.03. The number of nitrogens with one attached hydrogen (secondary N) is 1. The van der Waals surface area contributed by atoms with E-state index in [1.807, 2.05) is 43.6 Å². The highest BCUT2D eigenvalue weighted by atomic mass is 79.9. The molecular weight excluding hydrogens is 328 g/mol. The van der Waals surface area contributed by atoms with E-state index in [9.17, 15) is 0 Å². The zero-order valence-corrected chi connectivity index (χ0v) is 13.6. The van der Waals surface area contributed by atoms with Crippen molar-refractivity contribution < 1.29 is 0 Å². The summed E-state index contributed by atoms with van der Waals surface area (Å²) in [6.45, 7) is 0. The number of aryl methyl sites for hydroxylation is 1. The molecule has 0 fully saturated rings. The van der Waals surface area contributed by atoms with Crippen LogP contribution in [0.4, 0.5) is 0 Å². The smallest absolute Gasteiger partial charge is 0.111 e. The Balaban J connectivity index is 1.92. The average Bonchev–Trinajstić information content (AvgIpc) is 2.83. The molecule has 3 aromatic rings. The van der Waals surface area contributed by atoms with Gasteiger partial charge in [-0.05, 0) is 47.2 Å². The number of para-hydroxylation sites is 2. The minimum absolute atomic E-state index is 0.147. The summed E-state index contributed by atoms with van der Waals surface area (Å²) < 4.78 is 3.14. The van der Waals surface area contributed by atoms with Gasteiger partial charge in [0.15, 0.2) is 0 Å². The summed E-state index contributed by atoms with van der Waals surface area (Å²) in [7, 11) is 4.02. The van der Waals surface area contributed by atoms with Crippen LogP contribution in [-0.2, 0) is 13.5 Å². The molecule has 1 N–H and O–H groups in total. The fourth-order valence-electron chi connectivity index (χ4n) is 2.51. The Morgan fingerprint density at radius 1 is 1.24 bits per heavy atom. The lowest BCUT2D eigenvalue weighted by molar-refractivity contribution is 0.552. The quantitative estimate of drug-likeness (QED) is 0.790. The number of aromatic nitrogens is 3. The molecule has 0 spiro atoms. The normalized spacial score (nSPS) is 12.7. The number of fused-ring (bicyclic) bond motifs is 1. The van der Waals surface area contributed by atoms with Crippen molar-refractivity contribution in [3.05, 3.63) is 58.6 Å². The van der Waals surface area contributed by atoms with Gasteiger partial charge in [-0.15, -0.1) is 0 Å². The Morgan fingerprint density at radius 2 is 2.05 bits per heavy atom. The maximum absolute atomic E-state index is 4.73. The molecule has 0 aliphatic heterocycles. The summed E-state index contributed by atoms with van der Waals surface area (Å²) in [6, 6.07) is 12.4. The monoisotopic (exact) mass is 344 g/mol. The highest BCUT2D eigenvalue weighted by molar-refractivity contribution is 9.10. The van der Waals surface area contributed by atoms with Crippen LogP contribution < -0.4 is 5.32 Å². The van der Waals surface area contributed by atoms with E-state index in [-0.39, 0.29) is 6.04 Å². The van der Waals surface area contributed by atoms with Gasteiger partial charge in [0.2, 0.25) is 0 Å². The van der Waals surface area contributed by atoms with Gasteiger partial charge in [-0.3, -0.25) is 4.98 Å². The SMILES string of the molecule is CNC(Cc1nc2ccccc2n1C)c1ccc(Br)cn1. The summed E-state index contributed by atoms with van der Waals surface area (Å²) in [5, 5.41) is 3.33. The van der Waals surface area contributed by atoms with Crippen molar-refractivity contribution in [2.24, 2.45) is 7.05 Å². The van der Waals surface area contributed by atoms with Gasteiger partial charge in [-0.25, -0.2) is 4.98 Å². The number of halogens is 1. The topological polar surface area (TPSA) is 42.7 Å². The van der Waals surface area contributed by atoms with Gasteiger partial charge < -0.3 is 9.88 Å². The van der Waals surface area contributed by atoms with Gasteiger partial charge in [0.05, 0.1) is 22.8 Å². The highest BCUT2D eigenvalue weighted by Crippen LogP contribution is 2.20. The van der Waals surface area contributed by atoms with Gasteiger partial charge in [0.1, 0.15) is 5.82 Å². The molecule has 4 nitrogen and oxygen atoms in total. The lowest BCUT2D eigenvalue weighted by atomic mass is 10.1. The largest absolute Gasteiger partial charge is 0.331 e. The van der Waals surface area contributed by atoms with Crippen LogP contribution in [0.1, 0.15) is 17.6 Å². The zero-order chi connectivity index (χ0) is 14.8. The molecule has 3 rings (SSSR count). The van der Waals surface area contributed by atoms with Crippen molar-refractivity contribution in [1.82, 2.24) is 19.9 Å². The minimum atomic E-state index is 0.147. The van der Waals surface area contributed by atoms with Gasteiger partial charge >= 0.3 is 0 Å². The minimum Gasteiger partial charge on any atom is -0.331 e. The van der Waals surface area contributed by atoms with E-state index in [0.717, 1.165) is 33.4 Å². The summed E-state index contributed by atoms with van der Waals surface area (Å²) in [5.41, 5.74) is 3.22. The number of hydrogen-bond acceptors (Lipinski definition) is 3. The predicted octanol–water partition coefficient (Wildman–Crippen LogP) is 3.23. The molecular formula is C16H17BrN4. The maximum atomic E-state index is 4.73. The summed E-state index contributed by atoms with van der Waals surface area (Å²) in [5.74, 6) is 1.06. The van der Waals surface area contributed by atoms with E-state index in [4.69, 9.17) is 4.98 Å². The third kappa shape index (κ3) is 2.84. The fraction of sp³-hybridized carbons (Fsp3) is 0.250. The molecule has 0 radical (unpaired) electrons. The van der Waals surface area contributed by atoms with Crippen LogP contribution in [0.15, 0.2) is 47.1 Å². The molecule has 1 unspecified atom stereocenters. The molecule has 2 aromatic heterocycles. The standard InChI is InChI=1S/C16H17BrN4/c1-18-14(12-8-7-11(17)10-19-12)9-16-20-13-5-3-4-6-15(13)21(16)2/h3-8,10,14,18H,9H2,1-2H3. The summed E-state index contributed by atoms with van der Waals surface area (Å²) in [4.78, 5) is 9.21. The molecule has 1 atom stereocenters. The molecule has 0 bridgehead atoms. The summed E-state index contributed by atoms with van der Waals surface area (Å²) >= 11 is 3.42. The van der Waals surface area contributed by atoms with E-state index >= 15 is 0 Å². The van der Waals surface area contributed by atoms with Crippen molar-refractivity contribution in [3.63, 3.8) is 0 Å². The Bertz CT molecular complexity index is 749. The molecule has 1 aromatic carbocycles. The third-order valence-corrected chi connectivity index (χ3v) is 4.19. The Morgan fingerprint density at radius 3 is 2.71 bits per heavy atom. The van der Waals surface area contributed by atoms with Gasteiger partial charge in [-0.1, -0.05) is 12.1 Å². The Labute approximate surface area is 132 Å². The number of imidazole rings is 1. The van der Waals surface area contributed by atoms with Crippen molar-refractivity contribution in [1.29, 1.82) is 0 Å². The van der Waals surface area contributed by atoms with E-state index in [1.54, 1.807) is 0 Å². The van der Waals surface area contributed by atoms with Crippen LogP contribution in [0.3, 0.4) is 0 Å². The number of nitrogens with zero attached hydrogens (tertiary/aromatic N) is 3. The van der Waals surface area contributed by atoms with Crippen molar-refractivity contribution in [3.8, 4) is 0 Å². The summed E-state index contributed by atoms with van der Waals surface area (Å²) in [6.07, 6.45) is 2.63. The predicted molar refractivity (Wildman–Crippen MR) is 88.2 cm³/mol. The first kappa shape index (κ1) is 14.2. The van der Waals surface area contributed by atoms with Crippen LogP contribution in [-0.4, -0.2) is 21.6 Å². The van der Waals surface area contributed by atoms with Crippen LogP contribution >= 0.6 is 15.9 Å². The lowest BCUT2D eigenvalue weighted by Crippen LogP contribution is -2.21. The number of benzene rings is 1. The van der Waals surface area contributed by atoms with E-state index in [1.165, 1.54) is 0 Å². The zero-order valence-electron chi connectivity index (χ0n) is 12.0. The van der Waals surface area contributed by atoms with Crippen LogP contribution in [0, 0.1) is 0 Å². The van der Waals surface area contributed by atoms with Gasteiger partial charge in [0, 0.05) is 24.1 Å². The highest BCUT2D eigenvalue weighted by Gasteiger charge is 2.16. The molecule has 0 saturated carbocycles. The van der Waals surface area contributed by atoms with Crippen molar-refractivity contribution >= 4 is 27.0 Å². The van der Waals surface area contributed by atoms with Crippen LogP contribution in [0.25, 0.3) is 11.0 Å². The van der Waals surface area contributed by atoms with Crippen molar-refractivity contribution in [2.45, 2.75) is 12.5 Å². The van der Waals surface area contributed by atoms with E-state index in [0.29, 0.717) is 0 Å². The van der Waals surface area contributed by atoms with Gasteiger partial charge in [-0.2, -0.15) is 0 Å². The molecule has 0 aliphatic rings. The number of rotatable bonds is 4. The van der Waals surface area contributed by atoms with Crippen molar-refractivity contribution in [2.75, 3.05) is 7.05 Å². The first-order valence-corrected chi connectivity index (χ1v) is 7.67. The molecule has 2 heterocycles. The lowest BCUT2D eigenvalue weighted by Gasteiger charge is -2.15. The first-order chi connectivity index (χ1) is 10.2. The molecule has 0 saturated heterocycles. The van der Waals surface area contributed by atoms with Crippen LogP contribution in [0.5, 0.6) is 0 Å². The molecule has 21 heavy (non-hydrogen) atoms. The number of likely N-dealkylation sites (N-methyl/N-ethyl adjacent to an activating group) is 1. The fourth-order valence-corrected chi connectivity index (χ4v) is 2.74. The first-order valence-electron chi connectivity index (χ1n) is 6.88. The van der Waals surface area contributed by atoms with Crippen LogP contribution in [0.2, 0.25) is 0 Å². The van der Waals surface area contributed by atoms with E-state index in [2.05, 4.69) is 43.9 Å².